The Balaban J connectivity index is 1.49. The number of aromatic hydroxyl groups is 1. The second-order valence-electron chi connectivity index (χ2n) is 10.8. The van der Waals surface area contributed by atoms with Crippen LogP contribution < -0.4 is 9.64 Å². The number of methoxy groups -OCH3 is 1. The standard InChI is InChI=1S/C32H28INO6/c1-4-16-5-7-18(8-6-16)34-31(38)20-10-9-19-21(27(20)32(34)39)14-22-24(35)11-15(2)29(36)28(22)26(19)17-12-23(33)30(37)25(13-17)40-3/h5-9,11-13,20-21,26-27,37H,4,10,14H2,1-3H3/t20-,21+,26-,27-/m0/s1. The molecule has 4 aliphatic rings. The SMILES string of the molecule is CCc1ccc(N2C(=O)[C@H]3[C@H](CC=C4[C@H](c5cc(I)c(O)c(OC)c5)C5=C(C[C@H]43)C(=O)C=C(C)C5=O)C2=O)cc1. The molecule has 3 aliphatic carbocycles. The van der Waals surface area contributed by atoms with Crippen molar-refractivity contribution in [3.63, 3.8) is 0 Å². The van der Waals surface area contributed by atoms with Crippen LogP contribution in [-0.2, 0) is 25.6 Å². The Morgan fingerprint density at radius 1 is 1.05 bits per heavy atom. The molecule has 4 atom stereocenters. The summed E-state index contributed by atoms with van der Waals surface area (Å²) in [5.41, 5.74) is 4.41. The van der Waals surface area contributed by atoms with Gasteiger partial charge < -0.3 is 9.84 Å². The first kappa shape index (κ1) is 26.7. The van der Waals surface area contributed by atoms with E-state index in [9.17, 15) is 24.3 Å². The fraction of sp³-hybridized carbons (Fsp3) is 0.312. The van der Waals surface area contributed by atoms with E-state index in [2.05, 4.69) is 0 Å². The number of nitrogens with zero attached hydrogens (tertiary/aromatic N) is 1. The predicted molar refractivity (Wildman–Crippen MR) is 157 cm³/mol. The fourth-order valence-electron chi connectivity index (χ4n) is 6.79. The molecule has 0 saturated carbocycles. The molecule has 40 heavy (non-hydrogen) atoms. The Kier molecular flexibility index (Phi) is 6.56. The van der Waals surface area contributed by atoms with E-state index in [1.165, 1.54) is 18.1 Å². The van der Waals surface area contributed by atoms with Crippen LogP contribution in [0.4, 0.5) is 5.69 Å². The number of rotatable bonds is 4. The third-order valence-electron chi connectivity index (χ3n) is 8.77. The predicted octanol–water partition coefficient (Wildman–Crippen LogP) is 5.20. The van der Waals surface area contributed by atoms with Crippen molar-refractivity contribution in [3.8, 4) is 11.5 Å². The molecule has 0 bridgehead atoms. The first-order chi connectivity index (χ1) is 19.2. The van der Waals surface area contributed by atoms with Gasteiger partial charge in [-0.2, -0.15) is 0 Å². The number of hydrogen-bond acceptors (Lipinski definition) is 6. The van der Waals surface area contributed by atoms with E-state index in [0.717, 1.165) is 17.6 Å². The van der Waals surface area contributed by atoms with Crippen molar-refractivity contribution in [2.24, 2.45) is 17.8 Å². The highest BCUT2D eigenvalue weighted by Crippen LogP contribution is 2.56. The van der Waals surface area contributed by atoms with Crippen molar-refractivity contribution in [2.75, 3.05) is 12.0 Å². The summed E-state index contributed by atoms with van der Waals surface area (Å²) in [5, 5.41) is 10.5. The van der Waals surface area contributed by atoms with Gasteiger partial charge in [0.2, 0.25) is 11.8 Å². The minimum absolute atomic E-state index is 0.00507. The van der Waals surface area contributed by atoms with E-state index in [1.807, 2.05) is 59.9 Å². The first-order valence-corrected chi connectivity index (χ1v) is 14.5. The van der Waals surface area contributed by atoms with Crippen LogP contribution >= 0.6 is 22.6 Å². The highest BCUT2D eigenvalue weighted by molar-refractivity contribution is 14.1. The number of carbonyl (C=O) groups is 4. The zero-order valence-corrected chi connectivity index (χ0v) is 24.5. The van der Waals surface area contributed by atoms with Crippen LogP contribution in [0.25, 0.3) is 0 Å². The summed E-state index contributed by atoms with van der Waals surface area (Å²) in [5.74, 6) is -2.86. The minimum atomic E-state index is -0.636. The van der Waals surface area contributed by atoms with Crippen LogP contribution in [0.5, 0.6) is 11.5 Å². The second kappa shape index (κ2) is 9.83. The number of benzene rings is 2. The lowest BCUT2D eigenvalue weighted by Gasteiger charge is -2.42. The Morgan fingerprint density at radius 3 is 2.45 bits per heavy atom. The highest BCUT2D eigenvalue weighted by atomic mass is 127. The van der Waals surface area contributed by atoms with Crippen LogP contribution in [0.15, 0.2) is 70.8 Å². The average molecular weight is 649 g/mol. The minimum Gasteiger partial charge on any atom is -0.504 e. The van der Waals surface area contributed by atoms with E-state index < -0.39 is 23.7 Å². The molecule has 1 heterocycles. The number of hydrogen-bond donors (Lipinski definition) is 1. The van der Waals surface area contributed by atoms with E-state index in [0.29, 0.717) is 38.0 Å². The summed E-state index contributed by atoms with van der Waals surface area (Å²) in [7, 11) is 1.46. The van der Waals surface area contributed by atoms with E-state index in [-0.39, 0.29) is 41.3 Å². The summed E-state index contributed by atoms with van der Waals surface area (Å²) < 4.78 is 5.96. The zero-order valence-electron chi connectivity index (χ0n) is 22.4. The van der Waals surface area contributed by atoms with Gasteiger partial charge in [0.1, 0.15) is 0 Å². The number of carbonyl (C=O) groups excluding carboxylic acids is 4. The number of ether oxygens (including phenoxy) is 1. The third kappa shape index (κ3) is 3.90. The molecule has 0 aromatic heterocycles. The van der Waals surface area contributed by atoms with Gasteiger partial charge in [0.25, 0.3) is 0 Å². The number of ketones is 2. The summed E-state index contributed by atoms with van der Waals surface area (Å²) in [6, 6.07) is 11.0. The number of phenols is 1. The molecule has 204 valence electrons. The number of imide groups is 1. The third-order valence-corrected chi connectivity index (χ3v) is 9.59. The Hall–Kier alpha value is -3.53. The maximum Gasteiger partial charge on any atom is 0.238 e. The summed E-state index contributed by atoms with van der Waals surface area (Å²) >= 11 is 2.01. The summed E-state index contributed by atoms with van der Waals surface area (Å²) in [6.45, 7) is 3.69. The van der Waals surface area contributed by atoms with Crippen LogP contribution in [-0.4, -0.2) is 35.6 Å². The number of phenolic OH excluding ortho intramolecular Hbond substituents is 1. The zero-order chi connectivity index (χ0) is 28.5. The van der Waals surface area contributed by atoms with Crippen molar-refractivity contribution >= 4 is 51.7 Å². The van der Waals surface area contributed by atoms with Gasteiger partial charge in [-0.1, -0.05) is 30.7 Å². The van der Waals surface area contributed by atoms with E-state index in [1.54, 1.807) is 19.1 Å². The van der Waals surface area contributed by atoms with Crippen molar-refractivity contribution in [3.05, 3.63) is 85.5 Å². The molecule has 0 spiro atoms. The quantitative estimate of drug-likeness (QED) is 0.212. The molecule has 0 unspecified atom stereocenters. The monoisotopic (exact) mass is 649 g/mol. The maximum absolute atomic E-state index is 14.0. The van der Waals surface area contributed by atoms with Crippen LogP contribution in [0.3, 0.4) is 0 Å². The van der Waals surface area contributed by atoms with Gasteiger partial charge in [0.15, 0.2) is 23.1 Å². The maximum atomic E-state index is 14.0. The van der Waals surface area contributed by atoms with Gasteiger partial charge in [-0.15, -0.1) is 0 Å². The molecule has 6 rings (SSSR count). The van der Waals surface area contributed by atoms with Crippen LogP contribution in [0.1, 0.15) is 43.7 Å². The van der Waals surface area contributed by atoms with E-state index >= 15 is 0 Å². The van der Waals surface area contributed by atoms with Gasteiger partial charge >= 0.3 is 0 Å². The smallest absolute Gasteiger partial charge is 0.238 e. The Morgan fingerprint density at radius 2 is 1.77 bits per heavy atom. The van der Waals surface area contributed by atoms with Gasteiger partial charge in [-0.3, -0.25) is 24.1 Å². The number of anilines is 1. The van der Waals surface area contributed by atoms with Gasteiger partial charge in [-0.05, 0) is 96.2 Å². The topological polar surface area (TPSA) is 101 Å². The highest BCUT2D eigenvalue weighted by Gasteiger charge is 2.56. The Labute approximate surface area is 245 Å². The number of amides is 2. The largest absolute Gasteiger partial charge is 0.504 e. The lowest BCUT2D eigenvalue weighted by molar-refractivity contribution is -0.123. The van der Waals surface area contributed by atoms with Crippen molar-refractivity contribution in [2.45, 2.75) is 39.0 Å². The number of allylic oxidation sites excluding steroid dienone is 6. The number of halogens is 1. The average Bonchev–Trinajstić information content (AvgIpc) is 3.21. The van der Waals surface area contributed by atoms with Crippen LogP contribution in [0, 0.1) is 21.3 Å². The number of Topliss-reactive ketones (excluding diaryl/α,β-unsaturated/α-hetero) is 1. The molecular formula is C32H28INO6. The molecule has 1 aliphatic heterocycles. The molecule has 2 aromatic rings. The van der Waals surface area contributed by atoms with Gasteiger partial charge in [0, 0.05) is 22.6 Å². The first-order valence-electron chi connectivity index (χ1n) is 13.4. The normalized spacial score (nSPS) is 25.9. The van der Waals surface area contributed by atoms with E-state index in [4.69, 9.17) is 4.74 Å². The molecule has 1 saturated heterocycles. The summed E-state index contributed by atoms with van der Waals surface area (Å²) in [6.07, 6.45) is 4.81. The van der Waals surface area contributed by atoms with Gasteiger partial charge in [0.05, 0.1) is 28.2 Å². The fourth-order valence-corrected chi connectivity index (χ4v) is 7.42. The van der Waals surface area contributed by atoms with Crippen LogP contribution in [0.2, 0.25) is 0 Å². The molecule has 8 heteroatoms. The van der Waals surface area contributed by atoms with Gasteiger partial charge in [-0.25, -0.2) is 0 Å². The number of fused-ring (bicyclic) bond motifs is 3. The molecular weight excluding hydrogens is 621 g/mol. The molecule has 7 nitrogen and oxygen atoms in total. The second-order valence-corrected chi connectivity index (χ2v) is 12.0. The van der Waals surface area contributed by atoms with Crippen molar-refractivity contribution < 1.29 is 29.0 Å². The lowest BCUT2D eigenvalue weighted by Crippen LogP contribution is -2.39. The molecule has 1 fully saturated rings. The number of aryl methyl sites for hydroxylation is 1. The molecule has 2 amide bonds. The molecule has 2 aromatic carbocycles. The van der Waals surface area contributed by atoms with Crippen molar-refractivity contribution in [1.82, 2.24) is 0 Å². The molecule has 0 radical (unpaired) electrons. The van der Waals surface area contributed by atoms with Crippen molar-refractivity contribution in [1.29, 1.82) is 0 Å². The summed E-state index contributed by atoms with van der Waals surface area (Å²) in [4.78, 5) is 55.8. The Bertz CT molecular complexity index is 1600. The molecule has 1 N–H and O–H groups in total. The lowest BCUT2D eigenvalue weighted by atomic mass is 9.59.